The van der Waals surface area contributed by atoms with Crippen molar-refractivity contribution in [1.29, 1.82) is 0 Å². The Labute approximate surface area is 504 Å². The zero-order valence-corrected chi connectivity index (χ0v) is 52.4. The molecule has 0 radical (unpaired) electrons. The van der Waals surface area contributed by atoms with Gasteiger partial charge in [-0.25, -0.2) is 0 Å². The number of allylic oxidation sites excluding steroid dienone is 30. The van der Waals surface area contributed by atoms with Gasteiger partial charge in [0.15, 0.2) is 6.10 Å². The van der Waals surface area contributed by atoms with E-state index in [0.29, 0.717) is 12.8 Å². The van der Waals surface area contributed by atoms with Crippen LogP contribution in [0.2, 0.25) is 0 Å². The van der Waals surface area contributed by atoms with Gasteiger partial charge in [-0.2, -0.15) is 0 Å². The number of carbonyl (C=O) groups excluding carboxylic acids is 3. The zero-order chi connectivity index (χ0) is 59.2. The molecule has 0 aliphatic heterocycles. The van der Waals surface area contributed by atoms with Crippen LogP contribution in [0.5, 0.6) is 0 Å². The number of hydrogen-bond acceptors (Lipinski definition) is 6. The van der Waals surface area contributed by atoms with Crippen molar-refractivity contribution in [3.05, 3.63) is 182 Å². The Hall–Kier alpha value is -5.49. The number of esters is 3. The van der Waals surface area contributed by atoms with Crippen LogP contribution in [-0.4, -0.2) is 37.2 Å². The Kier molecular flexibility index (Phi) is 63.5. The van der Waals surface area contributed by atoms with Crippen molar-refractivity contribution in [2.45, 2.75) is 264 Å². The van der Waals surface area contributed by atoms with E-state index in [1.807, 2.05) is 0 Å². The third-order valence-corrected chi connectivity index (χ3v) is 13.1. The van der Waals surface area contributed by atoms with E-state index < -0.39 is 6.10 Å². The van der Waals surface area contributed by atoms with Crippen LogP contribution in [0.1, 0.15) is 258 Å². The lowest BCUT2D eigenvalue weighted by Crippen LogP contribution is -2.30. The van der Waals surface area contributed by atoms with Gasteiger partial charge in [0.1, 0.15) is 13.2 Å². The van der Waals surface area contributed by atoms with E-state index >= 15 is 0 Å². The first-order valence-corrected chi connectivity index (χ1v) is 32.8. The minimum absolute atomic E-state index is 0.114. The van der Waals surface area contributed by atoms with Crippen LogP contribution in [0.25, 0.3) is 0 Å². The first-order valence-electron chi connectivity index (χ1n) is 32.8. The number of carbonyl (C=O) groups is 3. The molecule has 0 aliphatic rings. The molecule has 0 rings (SSSR count). The van der Waals surface area contributed by atoms with Gasteiger partial charge in [0.25, 0.3) is 0 Å². The number of rotatable bonds is 57. The Balaban J connectivity index is 4.45. The highest BCUT2D eigenvalue weighted by Crippen LogP contribution is 2.13. The third kappa shape index (κ3) is 65.3. The fraction of sp³-hybridized carbons (Fsp3) is 0.566. The molecular formula is C76H118O6. The summed E-state index contributed by atoms with van der Waals surface area (Å²) in [6.07, 6.45) is 102. The van der Waals surface area contributed by atoms with Crippen molar-refractivity contribution < 1.29 is 28.6 Å². The van der Waals surface area contributed by atoms with E-state index in [9.17, 15) is 14.4 Å². The monoisotopic (exact) mass is 1130 g/mol. The maximum Gasteiger partial charge on any atom is 0.306 e. The molecule has 458 valence electrons. The van der Waals surface area contributed by atoms with Gasteiger partial charge in [-0.3, -0.25) is 14.4 Å². The lowest BCUT2D eigenvalue weighted by molar-refractivity contribution is -0.167. The molecule has 0 bridgehead atoms. The predicted molar refractivity (Wildman–Crippen MR) is 357 cm³/mol. The van der Waals surface area contributed by atoms with Crippen LogP contribution >= 0.6 is 0 Å². The molecule has 6 nitrogen and oxygen atoms in total. The molecule has 0 spiro atoms. The summed E-state index contributed by atoms with van der Waals surface area (Å²) in [7, 11) is 0. The Morgan fingerprint density at radius 1 is 0.256 bits per heavy atom. The third-order valence-electron chi connectivity index (χ3n) is 13.1. The second kappa shape index (κ2) is 68.0. The van der Waals surface area contributed by atoms with Gasteiger partial charge < -0.3 is 14.2 Å². The van der Waals surface area contributed by atoms with Crippen LogP contribution in [0, 0.1) is 0 Å². The molecule has 0 fully saturated rings. The van der Waals surface area contributed by atoms with Crippen LogP contribution in [0.3, 0.4) is 0 Å². The highest BCUT2D eigenvalue weighted by atomic mass is 16.6. The van der Waals surface area contributed by atoms with Crippen molar-refractivity contribution in [2.24, 2.45) is 0 Å². The smallest absolute Gasteiger partial charge is 0.306 e. The van der Waals surface area contributed by atoms with E-state index in [0.717, 1.165) is 167 Å². The van der Waals surface area contributed by atoms with E-state index in [1.54, 1.807) is 0 Å². The van der Waals surface area contributed by atoms with Crippen molar-refractivity contribution in [1.82, 2.24) is 0 Å². The van der Waals surface area contributed by atoms with Crippen molar-refractivity contribution in [3.8, 4) is 0 Å². The molecular weight excluding hydrogens is 1010 g/mol. The molecule has 0 aromatic carbocycles. The fourth-order valence-corrected chi connectivity index (χ4v) is 8.28. The van der Waals surface area contributed by atoms with Crippen molar-refractivity contribution in [3.63, 3.8) is 0 Å². The van der Waals surface area contributed by atoms with Gasteiger partial charge in [-0.05, 0) is 161 Å². The molecule has 1 atom stereocenters. The highest BCUT2D eigenvalue weighted by Gasteiger charge is 2.19. The minimum atomic E-state index is -0.823. The maximum absolute atomic E-state index is 12.9. The van der Waals surface area contributed by atoms with E-state index in [2.05, 4.69) is 203 Å². The topological polar surface area (TPSA) is 78.9 Å². The molecule has 0 saturated heterocycles. The average molecular weight is 1130 g/mol. The summed E-state index contributed by atoms with van der Waals surface area (Å²) in [5.74, 6) is -0.999. The SMILES string of the molecule is CC/C=C\C/C=C\C/C=C\C/C=C\C/C=C\C/C=C\C/C=C\C/C=C\C/C=C\C/C=C\CCCCC(=O)OCC(COC(=O)CCCCCCC/C=C\CCCCCCC)OC(=O)CCCCCC/C=C\C/C=C\C/C=C\C/C=C\CC. The quantitative estimate of drug-likeness (QED) is 0.0261. The van der Waals surface area contributed by atoms with E-state index in [-0.39, 0.29) is 44.0 Å². The Bertz CT molecular complexity index is 1920. The maximum atomic E-state index is 12.9. The molecule has 0 amide bonds. The van der Waals surface area contributed by atoms with Gasteiger partial charge in [0.2, 0.25) is 0 Å². The summed E-state index contributed by atoms with van der Waals surface area (Å²) in [4.78, 5) is 38.3. The Morgan fingerprint density at radius 3 is 0.780 bits per heavy atom. The van der Waals surface area contributed by atoms with Gasteiger partial charge in [0.05, 0.1) is 0 Å². The normalized spacial score (nSPS) is 13.4. The van der Waals surface area contributed by atoms with Gasteiger partial charge in [0, 0.05) is 19.3 Å². The van der Waals surface area contributed by atoms with E-state index in [1.165, 1.54) is 44.9 Å². The van der Waals surface area contributed by atoms with Crippen LogP contribution in [-0.2, 0) is 28.6 Å². The van der Waals surface area contributed by atoms with E-state index in [4.69, 9.17) is 14.2 Å². The average Bonchev–Trinajstić information content (AvgIpc) is 3.47. The number of hydrogen-bond donors (Lipinski definition) is 0. The molecule has 0 aromatic heterocycles. The van der Waals surface area contributed by atoms with Gasteiger partial charge in [-0.15, -0.1) is 0 Å². The summed E-state index contributed by atoms with van der Waals surface area (Å²) >= 11 is 0. The second-order valence-corrected chi connectivity index (χ2v) is 20.9. The Morgan fingerprint density at radius 2 is 0.476 bits per heavy atom. The lowest BCUT2D eigenvalue weighted by Gasteiger charge is -2.18. The predicted octanol–water partition coefficient (Wildman–Crippen LogP) is 22.8. The first-order chi connectivity index (χ1) is 40.5. The molecule has 6 heteroatoms. The molecule has 82 heavy (non-hydrogen) atoms. The summed E-state index contributed by atoms with van der Waals surface area (Å²) in [6.45, 7) is 6.33. The van der Waals surface area contributed by atoms with Crippen LogP contribution in [0.15, 0.2) is 182 Å². The van der Waals surface area contributed by atoms with Crippen molar-refractivity contribution in [2.75, 3.05) is 13.2 Å². The van der Waals surface area contributed by atoms with Gasteiger partial charge in [-0.1, -0.05) is 261 Å². The largest absolute Gasteiger partial charge is 0.462 e. The first kappa shape index (κ1) is 76.5. The fourth-order valence-electron chi connectivity index (χ4n) is 8.28. The summed E-state index contributed by atoms with van der Waals surface area (Å²) in [5, 5.41) is 0. The summed E-state index contributed by atoms with van der Waals surface area (Å²) < 4.78 is 16.8. The zero-order valence-electron chi connectivity index (χ0n) is 52.4. The highest BCUT2D eigenvalue weighted by molar-refractivity contribution is 5.71. The van der Waals surface area contributed by atoms with Crippen LogP contribution < -0.4 is 0 Å². The number of ether oxygens (including phenoxy) is 3. The molecule has 0 aromatic rings. The number of unbranched alkanes of at least 4 members (excludes halogenated alkanes) is 16. The minimum Gasteiger partial charge on any atom is -0.462 e. The van der Waals surface area contributed by atoms with Crippen molar-refractivity contribution >= 4 is 17.9 Å². The molecule has 0 aliphatic carbocycles. The lowest BCUT2D eigenvalue weighted by atomic mass is 10.1. The summed E-state index contributed by atoms with van der Waals surface area (Å²) in [5.41, 5.74) is 0. The van der Waals surface area contributed by atoms with Gasteiger partial charge >= 0.3 is 17.9 Å². The molecule has 0 saturated carbocycles. The van der Waals surface area contributed by atoms with Crippen LogP contribution in [0.4, 0.5) is 0 Å². The standard InChI is InChI=1S/C76H118O6/c1-4-7-10-13-16-19-22-25-28-30-31-32-33-34-35-36-37-38-39-40-41-42-43-44-45-47-48-51-54-57-60-63-66-69-75(78)81-72-73(71-80-74(77)68-65-62-59-56-53-50-27-24-21-18-15-12-9-6-3)82-76(79)70-67-64-61-58-55-52-49-46-29-26-23-20-17-14-11-8-5-2/h7-8,10-11,16-17,19-20,24-29,31-32,34-35,37-38,40-41,43-44,47-49,52,54,57,73H,4-6,9,12-15,18,21-23,30,33,36,39,42,45-46,50-51,53,55-56,58-72H2,1-3H3/b10-7-,11-8-,19-16-,20-17-,27-24-,28-25-,29-26-,32-31-,35-34-,38-37-,41-40-,44-43-,48-47-,52-49-,57-54-. The summed E-state index contributed by atoms with van der Waals surface area (Å²) in [6, 6.07) is 0. The molecule has 0 N–H and O–H groups in total. The molecule has 1 unspecified atom stereocenters. The second-order valence-electron chi connectivity index (χ2n) is 20.9. The molecule has 0 heterocycles.